The summed E-state index contributed by atoms with van der Waals surface area (Å²) in [6, 6.07) is 5.30. The molecule has 19 heavy (non-hydrogen) atoms. The number of amides is 1. The highest BCUT2D eigenvalue weighted by Gasteiger charge is 2.24. The molecule has 5 N–H and O–H groups in total. The molecule has 1 rings (SSSR count). The van der Waals surface area contributed by atoms with Gasteiger partial charge < -0.3 is 16.8 Å². The first-order chi connectivity index (χ1) is 8.98. The van der Waals surface area contributed by atoms with Crippen molar-refractivity contribution in [3.8, 4) is 0 Å². The molecule has 1 aromatic rings. The van der Waals surface area contributed by atoms with Gasteiger partial charge in [0.25, 0.3) is 5.91 Å². The number of anilines is 2. The van der Waals surface area contributed by atoms with Crippen molar-refractivity contribution in [3.63, 3.8) is 0 Å². The summed E-state index contributed by atoms with van der Waals surface area (Å²) in [7, 11) is 0. The largest absolute Gasteiger partial charge is 0.398 e. The van der Waals surface area contributed by atoms with Gasteiger partial charge in [-0.3, -0.25) is 4.79 Å². The number of carbonyl (C=O) groups is 1. The summed E-state index contributed by atoms with van der Waals surface area (Å²) in [5, 5.41) is 3.38. The Balaban J connectivity index is 2.83. The van der Waals surface area contributed by atoms with Gasteiger partial charge in [0.2, 0.25) is 0 Å². The molecule has 5 heteroatoms. The standard InChI is InChI=1S/C14H23N3OS/c1-4-14(5-2,19-3)9-17-10-6-7-12(15)11(8-10)13(16)18/h6-8,17H,4-5,9,15H2,1-3H3,(H2,16,18). The highest BCUT2D eigenvalue weighted by Crippen LogP contribution is 2.31. The molecular weight excluding hydrogens is 258 g/mol. The second-order valence-electron chi connectivity index (χ2n) is 4.61. The van der Waals surface area contributed by atoms with Crippen LogP contribution in [0.2, 0.25) is 0 Å². The minimum absolute atomic E-state index is 0.217. The van der Waals surface area contributed by atoms with Crippen molar-refractivity contribution in [2.24, 2.45) is 5.73 Å². The predicted octanol–water partition coefficient (Wildman–Crippen LogP) is 2.70. The molecule has 1 aromatic carbocycles. The van der Waals surface area contributed by atoms with Crippen LogP contribution in [-0.2, 0) is 0 Å². The van der Waals surface area contributed by atoms with Crippen LogP contribution >= 0.6 is 11.8 Å². The van der Waals surface area contributed by atoms with E-state index in [1.807, 2.05) is 17.8 Å². The number of nitrogen functional groups attached to an aromatic ring is 1. The molecule has 0 aliphatic rings. The zero-order valence-corrected chi connectivity index (χ0v) is 12.6. The predicted molar refractivity (Wildman–Crippen MR) is 84.7 cm³/mol. The maximum absolute atomic E-state index is 11.3. The Labute approximate surface area is 119 Å². The summed E-state index contributed by atoms with van der Waals surface area (Å²) in [6.45, 7) is 5.24. The van der Waals surface area contributed by atoms with Gasteiger partial charge in [0.05, 0.1) is 5.56 Å². The van der Waals surface area contributed by atoms with Gasteiger partial charge in [0.15, 0.2) is 0 Å². The molecule has 0 aliphatic heterocycles. The van der Waals surface area contributed by atoms with E-state index in [0.29, 0.717) is 11.3 Å². The van der Waals surface area contributed by atoms with E-state index < -0.39 is 5.91 Å². The van der Waals surface area contributed by atoms with Gasteiger partial charge >= 0.3 is 0 Å². The van der Waals surface area contributed by atoms with E-state index in [1.54, 1.807) is 12.1 Å². The molecule has 0 aromatic heterocycles. The van der Waals surface area contributed by atoms with E-state index in [9.17, 15) is 4.79 Å². The summed E-state index contributed by atoms with van der Waals surface area (Å²) in [5.41, 5.74) is 12.7. The molecule has 106 valence electrons. The minimum atomic E-state index is -0.497. The van der Waals surface area contributed by atoms with Crippen LogP contribution in [0, 0.1) is 0 Å². The van der Waals surface area contributed by atoms with Gasteiger partial charge in [-0.25, -0.2) is 0 Å². The topological polar surface area (TPSA) is 81.1 Å². The number of nitrogens with two attached hydrogens (primary N) is 2. The van der Waals surface area contributed by atoms with Crippen molar-refractivity contribution >= 4 is 29.0 Å². The number of primary amides is 1. The molecule has 0 fully saturated rings. The van der Waals surface area contributed by atoms with Gasteiger partial charge in [-0.1, -0.05) is 13.8 Å². The molecule has 0 saturated heterocycles. The van der Waals surface area contributed by atoms with E-state index in [0.717, 1.165) is 25.1 Å². The van der Waals surface area contributed by atoms with Crippen LogP contribution in [0.4, 0.5) is 11.4 Å². The number of thioether (sulfide) groups is 1. The van der Waals surface area contributed by atoms with Gasteiger partial charge in [-0.2, -0.15) is 11.8 Å². The fourth-order valence-corrected chi connectivity index (χ4v) is 2.80. The fourth-order valence-electron chi connectivity index (χ4n) is 2.00. The van der Waals surface area contributed by atoms with Crippen LogP contribution in [-0.4, -0.2) is 23.5 Å². The van der Waals surface area contributed by atoms with E-state index >= 15 is 0 Å². The SMILES string of the molecule is CCC(CC)(CNc1ccc(N)c(C(N)=O)c1)SC. The molecule has 0 heterocycles. The van der Waals surface area contributed by atoms with E-state index in [-0.39, 0.29) is 4.75 Å². The van der Waals surface area contributed by atoms with Crippen molar-refractivity contribution in [3.05, 3.63) is 23.8 Å². The molecule has 0 unspecified atom stereocenters. The van der Waals surface area contributed by atoms with Crippen molar-refractivity contribution in [1.29, 1.82) is 0 Å². The lowest BCUT2D eigenvalue weighted by molar-refractivity contribution is 0.100. The molecule has 0 atom stereocenters. The van der Waals surface area contributed by atoms with Crippen molar-refractivity contribution in [2.45, 2.75) is 31.4 Å². The van der Waals surface area contributed by atoms with E-state index in [2.05, 4.69) is 25.4 Å². The molecule has 4 nitrogen and oxygen atoms in total. The smallest absolute Gasteiger partial charge is 0.250 e. The number of carbonyl (C=O) groups excluding carboxylic acids is 1. The molecule has 1 amide bonds. The van der Waals surface area contributed by atoms with Crippen LogP contribution < -0.4 is 16.8 Å². The zero-order valence-electron chi connectivity index (χ0n) is 11.8. The Morgan fingerprint density at radius 3 is 2.47 bits per heavy atom. The summed E-state index contributed by atoms with van der Waals surface area (Å²) >= 11 is 1.87. The lowest BCUT2D eigenvalue weighted by Crippen LogP contribution is -2.32. The normalized spacial score (nSPS) is 11.3. The Morgan fingerprint density at radius 2 is 2.00 bits per heavy atom. The first-order valence-corrected chi connectivity index (χ1v) is 7.69. The molecule has 0 spiro atoms. The highest BCUT2D eigenvalue weighted by molar-refractivity contribution is 8.00. The lowest BCUT2D eigenvalue weighted by Gasteiger charge is -2.30. The van der Waals surface area contributed by atoms with E-state index in [4.69, 9.17) is 11.5 Å². The minimum Gasteiger partial charge on any atom is -0.398 e. The first-order valence-electron chi connectivity index (χ1n) is 6.46. The Kier molecular flexibility index (Phi) is 5.54. The number of nitrogens with one attached hydrogen (secondary N) is 1. The average molecular weight is 281 g/mol. The van der Waals surface area contributed by atoms with Crippen molar-refractivity contribution in [1.82, 2.24) is 0 Å². The highest BCUT2D eigenvalue weighted by atomic mass is 32.2. The third-order valence-corrected chi connectivity index (χ3v) is 5.24. The molecule has 0 radical (unpaired) electrons. The fraction of sp³-hybridized carbons (Fsp3) is 0.500. The van der Waals surface area contributed by atoms with Gasteiger partial charge in [-0.05, 0) is 37.3 Å². The van der Waals surface area contributed by atoms with E-state index in [1.165, 1.54) is 0 Å². The Hall–Kier alpha value is -1.36. The lowest BCUT2D eigenvalue weighted by atomic mass is 10.0. The Morgan fingerprint density at radius 1 is 1.37 bits per heavy atom. The van der Waals surface area contributed by atoms with Crippen molar-refractivity contribution < 1.29 is 4.79 Å². The van der Waals surface area contributed by atoms with Gasteiger partial charge in [-0.15, -0.1) is 0 Å². The maximum Gasteiger partial charge on any atom is 0.250 e. The second kappa shape index (κ2) is 6.70. The summed E-state index contributed by atoms with van der Waals surface area (Å²) in [5.74, 6) is -0.497. The molecular formula is C14H23N3OS. The number of hydrogen-bond donors (Lipinski definition) is 3. The first kappa shape index (κ1) is 15.7. The summed E-state index contributed by atoms with van der Waals surface area (Å²) in [4.78, 5) is 11.3. The van der Waals surface area contributed by atoms with Crippen LogP contribution in [0.5, 0.6) is 0 Å². The summed E-state index contributed by atoms with van der Waals surface area (Å²) in [6.07, 6.45) is 4.32. The van der Waals surface area contributed by atoms with Crippen LogP contribution in [0.25, 0.3) is 0 Å². The Bertz CT molecular complexity index is 436. The monoisotopic (exact) mass is 281 g/mol. The quantitative estimate of drug-likeness (QED) is 0.671. The van der Waals surface area contributed by atoms with Crippen LogP contribution in [0.15, 0.2) is 18.2 Å². The molecule has 0 aliphatic carbocycles. The third-order valence-electron chi connectivity index (χ3n) is 3.66. The van der Waals surface area contributed by atoms with Gasteiger partial charge in [0, 0.05) is 22.7 Å². The average Bonchev–Trinajstić information content (AvgIpc) is 2.42. The number of benzene rings is 1. The second-order valence-corrected chi connectivity index (χ2v) is 5.89. The van der Waals surface area contributed by atoms with Crippen molar-refractivity contribution in [2.75, 3.05) is 23.9 Å². The molecule has 0 saturated carbocycles. The van der Waals surface area contributed by atoms with Crippen LogP contribution in [0.1, 0.15) is 37.0 Å². The summed E-state index contributed by atoms with van der Waals surface area (Å²) < 4.78 is 0.217. The third kappa shape index (κ3) is 3.80. The number of rotatable bonds is 7. The zero-order chi connectivity index (χ0) is 14.5. The number of hydrogen-bond acceptors (Lipinski definition) is 4. The van der Waals surface area contributed by atoms with Crippen LogP contribution in [0.3, 0.4) is 0 Å². The molecule has 0 bridgehead atoms. The van der Waals surface area contributed by atoms with Gasteiger partial charge in [0.1, 0.15) is 0 Å². The maximum atomic E-state index is 11.3.